The SMILES string of the molecule is NCC#Cc1ccc(F)cc1C(=O)N1CCNC(=O)C1. The molecule has 0 radical (unpaired) electrons. The van der Waals surface area contributed by atoms with Crippen LogP contribution in [0.4, 0.5) is 4.39 Å². The number of piperazine rings is 1. The zero-order valence-electron chi connectivity index (χ0n) is 10.8. The number of carbonyl (C=O) groups is 2. The van der Waals surface area contributed by atoms with Crippen LogP contribution in [-0.4, -0.2) is 42.9 Å². The van der Waals surface area contributed by atoms with Gasteiger partial charge < -0.3 is 16.0 Å². The van der Waals surface area contributed by atoms with Crippen LogP contribution in [0, 0.1) is 17.7 Å². The van der Waals surface area contributed by atoms with Crippen molar-refractivity contribution in [3.05, 3.63) is 35.1 Å². The van der Waals surface area contributed by atoms with E-state index >= 15 is 0 Å². The first-order valence-corrected chi connectivity index (χ1v) is 6.16. The number of nitrogens with two attached hydrogens (primary N) is 1. The molecule has 20 heavy (non-hydrogen) atoms. The third-order valence-corrected chi connectivity index (χ3v) is 2.86. The van der Waals surface area contributed by atoms with Crippen molar-refractivity contribution in [2.75, 3.05) is 26.2 Å². The Morgan fingerprint density at radius 1 is 1.50 bits per heavy atom. The summed E-state index contributed by atoms with van der Waals surface area (Å²) in [6.07, 6.45) is 0. The van der Waals surface area contributed by atoms with E-state index in [0.29, 0.717) is 18.7 Å². The maximum Gasteiger partial charge on any atom is 0.255 e. The number of nitrogens with one attached hydrogen (secondary N) is 1. The molecule has 6 heteroatoms. The lowest BCUT2D eigenvalue weighted by Gasteiger charge is -2.27. The Bertz CT molecular complexity index is 604. The molecule has 1 saturated heterocycles. The van der Waals surface area contributed by atoms with Crippen LogP contribution in [0.15, 0.2) is 18.2 Å². The topological polar surface area (TPSA) is 75.4 Å². The molecule has 1 heterocycles. The van der Waals surface area contributed by atoms with Gasteiger partial charge in [-0.1, -0.05) is 11.8 Å². The first-order chi connectivity index (χ1) is 9.61. The first-order valence-electron chi connectivity index (χ1n) is 6.16. The molecule has 2 rings (SSSR count). The van der Waals surface area contributed by atoms with Gasteiger partial charge in [0.1, 0.15) is 5.82 Å². The summed E-state index contributed by atoms with van der Waals surface area (Å²) in [7, 11) is 0. The molecular weight excluding hydrogens is 261 g/mol. The lowest BCUT2D eigenvalue weighted by atomic mass is 10.1. The molecule has 3 N–H and O–H groups in total. The Labute approximate surface area is 115 Å². The van der Waals surface area contributed by atoms with Crippen molar-refractivity contribution in [1.29, 1.82) is 0 Å². The van der Waals surface area contributed by atoms with E-state index in [-0.39, 0.29) is 24.6 Å². The monoisotopic (exact) mass is 275 g/mol. The van der Waals surface area contributed by atoms with Gasteiger partial charge in [-0.15, -0.1) is 0 Å². The minimum atomic E-state index is -0.520. The van der Waals surface area contributed by atoms with Crippen LogP contribution < -0.4 is 11.1 Å². The fourth-order valence-corrected chi connectivity index (χ4v) is 1.93. The summed E-state index contributed by atoms with van der Waals surface area (Å²) in [5, 5.41) is 2.63. The predicted octanol–water partition coefficient (Wildman–Crippen LogP) is -0.292. The van der Waals surface area contributed by atoms with E-state index in [0.717, 1.165) is 6.07 Å². The summed E-state index contributed by atoms with van der Waals surface area (Å²) in [6.45, 7) is 0.908. The normalized spacial score (nSPS) is 14.3. The molecule has 2 amide bonds. The second-order valence-corrected chi connectivity index (χ2v) is 4.27. The average Bonchev–Trinajstić information content (AvgIpc) is 2.45. The molecule has 0 aromatic heterocycles. The van der Waals surface area contributed by atoms with Gasteiger partial charge in [-0.2, -0.15) is 0 Å². The van der Waals surface area contributed by atoms with Gasteiger partial charge in [-0.3, -0.25) is 9.59 Å². The number of benzene rings is 1. The Hall–Kier alpha value is -2.39. The number of halogens is 1. The maximum atomic E-state index is 13.4. The van der Waals surface area contributed by atoms with Gasteiger partial charge in [-0.25, -0.2) is 4.39 Å². The number of rotatable bonds is 1. The molecule has 1 aliphatic rings. The number of amides is 2. The lowest BCUT2D eigenvalue weighted by molar-refractivity contribution is -0.123. The molecule has 1 aliphatic heterocycles. The van der Waals surface area contributed by atoms with E-state index in [9.17, 15) is 14.0 Å². The highest BCUT2D eigenvalue weighted by atomic mass is 19.1. The third-order valence-electron chi connectivity index (χ3n) is 2.86. The average molecular weight is 275 g/mol. The molecule has 104 valence electrons. The highest BCUT2D eigenvalue weighted by Gasteiger charge is 2.24. The van der Waals surface area contributed by atoms with Crippen LogP contribution in [0.1, 0.15) is 15.9 Å². The Kier molecular flexibility index (Phi) is 4.33. The van der Waals surface area contributed by atoms with Gasteiger partial charge in [0, 0.05) is 18.7 Å². The predicted molar refractivity (Wildman–Crippen MR) is 71.2 cm³/mol. The van der Waals surface area contributed by atoms with Crippen LogP contribution in [0.3, 0.4) is 0 Å². The molecule has 0 atom stereocenters. The maximum absolute atomic E-state index is 13.4. The van der Waals surface area contributed by atoms with Crippen molar-refractivity contribution in [1.82, 2.24) is 10.2 Å². The van der Waals surface area contributed by atoms with Crippen molar-refractivity contribution in [3.8, 4) is 11.8 Å². The first kappa shape index (κ1) is 14.0. The Morgan fingerprint density at radius 3 is 3.00 bits per heavy atom. The van der Waals surface area contributed by atoms with Crippen LogP contribution in [0.2, 0.25) is 0 Å². The second kappa shape index (κ2) is 6.17. The van der Waals surface area contributed by atoms with Crippen molar-refractivity contribution < 1.29 is 14.0 Å². The Balaban J connectivity index is 2.32. The number of nitrogens with zero attached hydrogens (tertiary/aromatic N) is 1. The quantitative estimate of drug-likeness (QED) is 0.691. The van der Waals surface area contributed by atoms with E-state index in [1.165, 1.54) is 17.0 Å². The van der Waals surface area contributed by atoms with Gasteiger partial charge in [0.15, 0.2) is 0 Å². The molecule has 1 aromatic carbocycles. The summed E-state index contributed by atoms with van der Waals surface area (Å²) in [6, 6.07) is 3.81. The summed E-state index contributed by atoms with van der Waals surface area (Å²) in [4.78, 5) is 25.0. The number of carbonyl (C=O) groups excluding carboxylic acids is 2. The molecule has 1 fully saturated rings. The van der Waals surface area contributed by atoms with E-state index < -0.39 is 11.7 Å². The van der Waals surface area contributed by atoms with Gasteiger partial charge >= 0.3 is 0 Å². The largest absolute Gasteiger partial charge is 0.353 e. The zero-order chi connectivity index (χ0) is 14.5. The summed E-state index contributed by atoms with van der Waals surface area (Å²) in [5.41, 5.74) is 5.86. The molecule has 5 nitrogen and oxygen atoms in total. The highest BCUT2D eigenvalue weighted by Crippen LogP contribution is 2.14. The number of hydrogen-bond acceptors (Lipinski definition) is 3. The van der Waals surface area contributed by atoms with Gasteiger partial charge in [-0.05, 0) is 18.2 Å². The summed E-state index contributed by atoms with van der Waals surface area (Å²) >= 11 is 0. The highest BCUT2D eigenvalue weighted by molar-refractivity contribution is 5.99. The molecular formula is C14H14FN3O2. The van der Waals surface area contributed by atoms with Gasteiger partial charge in [0.05, 0.1) is 18.7 Å². The zero-order valence-corrected chi connectivity index (χ0v) is 10.8. The van der Waals surface area contributed by atoms with Crippen molar-refractivity contribution in [3.63, 3.8) is 0 Å². The van der Waals surface area contributed by atoms with Crippen LogP contribution >= 0.6 is 0 Å². The van der Waals surface area contributed by atoms with Crippen LogP contribution in [0.25, 0.3) is 0 Å². The van der Waals surface area contributed by atoms with Crippen molar-refractivity contribution in [2.45, 2.75) is 0 Å². The number of hydrogen-bond donors (Lipinski definition) is 2. The molecule has 1 aromatic rings. The summed E-state index contributed by atoms with van der Waals surface area (Å²) in [5.74, 6) is 4.23. The van der Waals surface area contributed by atoms with E-state index in [2.05, 4.69) is 17.2 Å². The van der Waals surface area contributed by atoms with Crippen molar-refractivity contribution in [2.24, 2.45) is 5.73 Å². The Morgan fingerprint density at radius 2 is 2.30 bits per heavy atom. The molecule has 0 aliphatic carbocycles. The fourth-order valence-electron chi connectivity index (χ4n) is 1.93. The third kappa shape index (κ3) is 3.13. The van der Waals surface area contributed by atoms with Gasteiger partial charge in [0.25, 0.3) is 5.91 Å². The minimum absolute atomic E-state index is 0.0287. The standard InChI is InChI=1S/C14H14FN3O2/c15-11-4-3-10(2-1-5-16)12(8-11)14(20)18-7-6-17-13(19)9-18/h3-4,8H,5-7,9,16H2,(H,17,19). The molecule has 0 unspecified atom stereocenters. The van der Waals surface area contributed by atoms with E-state index in [4.69, 9.17) is 5.73 Å². The molecule has 0 saturated carbocycles. The minimum Gasteiger partial charge on any atom is -0.353 e. The van der Waals surface area contributed by atoms with E-state index in [1.807, 2.05) is 0 Å². The van der Waals surface area contributed by atoms with Crippen LogP contribution in [0.5, 0.6) is 0 Å². The smallest absolute Gasteiger partial charge is 0.255 e. The molecule has 0 bridgehead atoms. The second-order valence-electron chi connectivity index (χ2n) is 4.27. The lowest BCUT2D eigenvalue weighted by Crippen LogP contribution is -2.50. The van der Waals surface area contributed by atoms with Crippen LogP contribution in [-0.2, 0) is 4.79 Å². The van der Waals surface area contributed by atoms with Crippen molar-refractivity contribution >= 4 is 11.8 Å². The summed E-state index contributed by atoms with van der Waals surface area (Å²) < 4.78 is 13.4. The van der Waals surface area contributed by atoms with E-state index in [1.54, 1.807) is 0 Å². The fraction of sp³-hybridized carbons (Fsp3) is 0.286. The molecule has 0 spiro atoms. The van der Waals surface area contributed by atoms with Gasteiger partial charge in [0.2, 0.25) is 5.91 Å².